The fourth-order valence-corrected chi connectivity index (χ4v) is 1.67. The van der Waals surface area contributed by atoms with Crippen LogP contribution in [0.2, 0.25) is 0 Å². The van der Waals surface area contributed by atoms with E-state index in [4.69, 9.17) is 0 Å². The van der Waals surface area contributed by atoms with E-state index >= 15 is 0 Å². The Bertz CT molecular complexity index is 545. The zero-order valence-electron chi connectivity index (χ0n) is 11.9. The normalized spacial score (nSPS) is 9.81. The summed E-state index contributed by atoms with van der Waals surface area (Å²) >= 11 is 0. The number of carbonyl (C=O) groups excluding carboxylic acids is 2. The fraction of sp³-hybridized carbons (Fsp3) is 0.385. The highest BCUT2D eigenvalue weighted by molar-refractivity contribution is 6.01. The van der Waals surface area contributed by atoms with E-state index < -0.39 is 10.8 Å². The molecule has 3 N–H and O–H groups in total. The molecular formula is C13H18N4O4. The van der Waals surface area contributed by atoms with Crippen molar-refractivity contribution < 1.29 is 14.5 Å². The van der Waals surface area contributed by atoms with Gasteiger partial charge in [0.2, 0.25) is 5.91 Å². The van der Waals surface area contributed by atoms with Gasteiger partial charge in [0.25, 0.3) is 5.91 Å². The van der Waals surface area contributed by atoms with Crippen LogP contribution in [0.15, 0.2) is 18.2 Å². The van der Waals surface area contributed by atoms with Crippen LogP contribution in [0.5, 0.6) is 0 Å². The third-order valence-corrected chi connectivity index (χ3v) is 2.72. The largest absolute Gasteiger partial charge is 0.379 e. The van der Waals surface area contributed by atoms with Crippen molar-refractivity contribution in [1.82, 2.24) is 10.6 Å². The summed E-state index contributed by atoms with van der Waals surface area (Å²) in [7, 11) is 1.44. The van der Waals surface area contributed by atoms with E-state index in [0.717, 1.165) is 6.42 Å². The van der Waals surface area contributed by atoms with E-state index in [9.17, 15) is 19.7 Å². The van der Waals surface area contributed by atoms with E-state index in [1.807, 2.05) is 6.92 Å². The summed E-state index contributed by atoms with van der Waals surface area (Å²) in [5.41, 5.74) is -0.0835. The molecule has 0 atom stereocenters. The van der Waals surface area contributed by atoms with E-state index in [0.29, 0.717) is 6.54 Å². The molecule has 0 bridgehead atoms. The van der Waals surface area contributed by atoms with Crippen molar-refractivity contribution >= 4 is 23.2 Å². The third-order valence-electron chi connectivity index (χ3n) is 2.72. The van der Waals surface area contributed by atoms with Crippen LogP contribution >= 0.6 is 0 Å². The number of nitro groups is 1. The minimum absolute atomic E-state index is 0.0787. The molecule has 0 saturated heterocycles. The maximum Gasteiger partial charge on any atom is 0.305 e. The number of anilines is 1. The monoisotopic (exact) mass is 294 g/mol. The maximum absolute atomic E-state index is 12.0. The van der Waals surface area contributed by atoms with Crippen LogP contribution in [0.4, 0.5) is 11.4 Å². The van der Waals surface area contributed by atoms with Gasteiger partial charge in [0.15, 0.2) is 0 Å². The lowest BCUT2D eigenvalue weighted by atomic mass is 10.1. The van der Waals surface area contributed by atoms with Gasteiger partial charge >= 0.3 is 5.69 Å². The second kappa shape index (κ2) is 7.83. The van der Waals surface area contributed by atoms with Crippen molar-refractivity contribution in [2.24, 2.45) is 0 Å². The third kappa shape index (κ3) is 4.44. The highest BCUT2D eigenvalue weighted by Gasteiger charge is 2.24. The molecule has 1 rings (SSSR count). The van der Waals surface area contributed by atoms with Gasteiger partial charge in [-0.15, -0.1) is 0 Å². The lowest BCUT2D eigenvalue weighted by molar-refractivity contribution is -0.384. The van der Waals surface area contributed by atoms with Crippen LogP contribution in [-0.2, 0) is 4.79 Å². The second-order valence-electron chi connectivity index (χ2n) is 4.24. The van der Waals surface area contributed by atoms with Gasteiger partial charge in [-0.1, -0.05) is 13.0 Å². The Balaban J connectivity index is 3.02. The van der Waals surface area contributed by atoms with Gasteiger partial charge in [0, 0.05) is 13.6 Å². The molecule has 0 spiro atoms. The molecule has 0 radical (unpaired) electrons. The Morgan fingerprint density at radius 1 is 1.33 bits per heavy atom. The molecule has 0 aliphatic heterocycles. The standard InChI is InChI=1S/C13H18N4O4/c1-3-7-15-10-6-4-5-9(12(10)17(20)21)13(19)16-8-11(18)14-2/h4-6,15H,3,7-8H2,1-2H3,(H,14,18)(H,16,19). The lowest BCUT2D eigenvalue weighted by Gasteiger charge is -2.09. The second-order valence-corrected chi connectivity index (χ2v) is 4.24. The predicted octanol–water partition coefficient (Wildman–Crippen LogP) is 0.892. The molecule has 0 aromatic heterocycles. The SMILES string of the molecule is CCCNc1cccc(C(=O)NCC(=O)NC)c1[N+](=O)[O-]. The fourth-order valence-electron chi connectivity index (χ4n) is 1.67. The first kappa shape index (κ1) is 16.4. The number of nitrogens with zero attached hydrogens (tertiary/aromatic N) is 1. The first-order chi connectivity index (χ1) is 10.0. The highest BCUT2D eigenvalue weighted by Crippen LogP contribution is 2.28. The van der Waals surface area contributed by atoms with Crippen LogP contribution in [-0.4, -0.2) is 36.9 Å². The van der Waals surface area contributed by atoms with Gasteiger partial charge in [0.1, 0.15) is 11.3 Å². The number of hydrogen-bond acceptors (Lipinski definition) is 5. The lowest BCUT2D eigenvalue weighted by Crippen LogP contribution is -2.35. The number of para-hydroxylation sites is 1. The topological polar surface area (TPSA) is 113 Å². The first-order valence-corrected chi connectivity index (χ1v) is 6.51. The van der Waals surface area contributed by atoms with Gasteiger partial charge in [-0.25, -0.2) is 0 Å². The Morgan fingerprint density at radius 2 is 2.05 bits per heavy atom. The number of nitrogens with one attached hydrogen (secondary N) is 3. The number of likely N-dealkylation sites (N-methyl/N-ethyl adjacent to an activating group) is 1. The van der Waals surface area contributed by atoms with Gasteiger partial charge in [-0.05, 0) is 18.6 Å². The Labute approximate surface area is 122 Å². The van der Waals surface area contributed by atoms with E-state index in [2.05, 4.69) is 16.0 Å². The zero-order chi connectivity index (χ0) is 15.8. The van der Waals surface area contributed by atoms with Crippen LogP contribution in [0.25, 0.3) is 0 Å². The zero-order valence-corrected chi connectivity index (χ0v) is 11.9. The van der Waals surface area contributed by atoms with Crippen LogP contribution < -0.4 is 16.0 Å². The predicted molar refractivity (Wildman–Crippen MR) is 78.3 cm³/mol. The highest BCUT2D eigenvalue weighted by atomic mass is 16.6. The van der Waals surface area contributed by atoms with Gasteiger partial charge in [-0.2, -0.15) is 0 Å². The number of benzene rings is 1. The van der Waals surface area contributed by atoms with Crippen LogP contribution in [0.1, 0.15) is 23.7 Å². The number of rotatable bonds is 7. The summed E-state index contributed by atoms with van der Waals surface area (Å²) in [4.78, 5) is 33.7. The molecular weight excluding hydrogens is 276 g/mol. The molecule has 0 fully saturated rings. The number of hydrogen-bond donors (Lipinski definition) is 3. The van der Waals surface area contributed by atoms with Crippen molar-refractivity contribution in [1.29, 1.82) is 0 Å². The summed E-state index contributed by atoms with van der Waals surface area (Å²) in [6.45, 7) is 2.25. The van der Waals surface area contributed by atoms with Crippen molar-refractivity contribution in [3.63, 3.8) is 0 Å². The molecule has 0 saturated carbocycles. The van der Waals surface area contributed by atoms with Crippen molar-refractivity contribution in [3.8, 4) is 0 Å². The van der Waals surface area contributed by atoms with Gasteiger partial charge < -0.3 is 16.0 Å². The minimum atomic E-state index is -0.662. The minimum Gasteiger partial charge on any atom is -0.379 e. The summed E-state index contributed by atoms with van der Waals surface area (Å²) in [6, 6.07) is 4.46. The van der Waals surface area contributed by atoms with E-state index in [1.54, 1.807) is 12.1 Å². The smallest absolute Gasteiger partial charge is 0.305 e. The maximum atomic E-state index is 12.0. The molecule has 114 valence electrons. The van der Waals surface area contributed by atoms with Crippen molar-refractivity contribution in [3.05, 3.63) is 33.9 Å². The Hall–Kier alpha value is -2.64. The number of amides is 2. The molecule has 1 aromatic rings. The molecule has 0 aliphatic rings. The summed E-state index contributed by atoms with van der Waals surface area (Å²) in [6.07, 6.45) is 0.796. The molecule has 8 heteroatoms. The van der Waals surface area contributed by atoms with Gasteiger partial charge in [0.05, 0.1) is 11.5 Å². The first-order valence-electron chi connectivity index (χ1n) is 6.51. The quantitative estimate of drug-likeness (QED) is 0.510. The van der Waals surface area contributed by atoms with Crippen LogP contribution in [0, 0.1) is 10.1 Å². The summed E-state index contributed by atoms with van der Waals surface area (Å²) in [5, 5.41) is 18.8. The van der Waals surface area contributed by atoms with E-state index in [-0.39, 0.29) is 29.4 Å². The van der Waals surface area contributed by atoms with Crippen LogP contribution in [0.3, 0.4) is 0 Å². The molecule has 0 unspecified atom stereocenters. The van der Waals surface area contributed by atoms with Crippen molar-refractivity contribution in [2.45, 2.75) is 13.3 Å². The van der Waals surface area contributed by atoms with Crippen molar-refractivity contribution in [2.75, 3.05) is 25.5 Å². The Kier molecular flexibility index (Phi) is 6.12. The molecule has 2 amide bonds. The molecule has 0 heterocycles. The molecule has 8 nitrogen and oxygen atoms in total. The van der Waals surface area contributed by atoms with E-state index in [1.165, 1.54) is 13.1 Å². The average Bonchev–Trinajstić information content (AvgIpc) is 2.49. The number of nitro benzene ring substituents is 1. The van der Waals surface area contributed by atoms with Gasteiger partial charge in [-0.3, -0.25) is 19.7 Å². The Morgan fingerprint density at radius 3 is 2.62 bits per heavy atom. The molecule has 0 aliphatic carbocycles. The number of carbonyl (C=O) groups is 2. The average molecular weight is 294 g/mol. The summed E-state index contributed by atoms with van der Waals surface area (Å²) < 4.78 is 0. The molecule has 21 heavy (non-hydrogen) atoms. The molecule has 1 aromatic carbocycles. The summed E-state index contributed by atoms with van der Waals surface area (Å²) in [5.74, 6) is -1.04.